The van der Waals surface area contributed by atoms with Crippen LogP contribution in [0.4, 0.5) is 5.69 Å². The first-order valence-corrected chi connectivity index (χ1v) is 10.9. The van der Waals surface area contributed by atoms with Crippen molar-refractivity contribution < 1.29 is 32.2 Å². The maximum Gasteiger partial charge on any atom is 0.324 e. The molecule has 168 valence electrons. The Morgan fingerprint density at radius 2 is 1.65 bits per heavy atom. The van der Waals surface area contributed by atoms with Crippen LogP contribution < -0.4 is 19.5 Å². The van der Waals surface area contributed by atoms with E-state index in [0.717, 1.165) is 0 Å². The number of anilines is 1. The number of sulfonamides is 1. The maximum absolute atomic E-state index is 12.4. The quantitative estimate of drug-likeness (QED) is 0.540. The molecule has 0 heterocycles. The lowest BCUT2D eigenvalue weighted by Gasteiger charge is -2.18. The van der Waals surface area contributed by atoms with Crippen LogP contribution in [0, 0.1) is 0 Å². The number of carbonyl (C=O) groups is 2. The van der Waals surface area contributed by atoms with Gasteiger partial charge in [0.2, 0.25) is 10.0 Å². The molecule has 0 bridgehead atoms. The number of ether oxygens (including phenoxy) is 3. The lowest BCUT2D eigenvalue weighted by molar-refractivity contribution is -0.154. The van der Waals surface area contributed by atoms with Gasteiger partial charge in [-0.25, -0.2) is 8.42 Å². The molecule has 11 heteroatoms. The van der Waals surface area contributed by atoms with Crippen molar-refractivity contribution in [3.63, 3.8) is 0 Å². The fourth-order valence-corrected chi connectivity index (χ4v) is 3.81. The number of rotatable bonds is 9. The van der Waals surface area contributed by atoms with E-state index in [4.69, 9.17) is 25.8 Å². The lowest BCUT2D eigenvalue weighted by atomic mass is 10.2. The van der Waals surface area contributed by atoms with Gasteiger partial charge in [0.15, 0.2) is 6.10 Å². The normalized spacial score (nSPS) is 13.1. The smallest absolute Gasteiger partial charge is 0.324 e. The van der Waals surface area contributed by atoms with Crippen LogP contribution in [0.15, 0.2) is 47.4 Å². The summed E-state index contributed by atoms with van der Waals surface area (Å²) >= 11 is 5.93. The van der Waals surface area contributed by atoms with Gasteiger partial charge >= 0.3 is 5.97 Å². The molecule has 2 atom stereocenters. The molecule has 2 aromatic rings. The van der Waals surface area contributed by atoms with E-state index >= 15 is 0 Å². The number of nitrogens with one attached hydrogen (secondary N) is 2. The average Bonchev–Trinajstić information content (AvgIpc) is 2.73. The minimum Gasteiger partial charge on any atom is -0.497 e. The van der Waals surface area contributed by atoms with Gasteiger partial charge in [0, 0.05) is 5.02 Å². The summed E-state index contributed by atoms with van der Waals surface area (Å²) in [6.07, 6.45) is -1.20. The summed E-state index contributed by atoms with van der Waals surface area (Å²) in [5.74, 6) is -0.698. The van der Waals surface area contributed by atoms with Crippen molar-refractivity contribution in [1.82, 2.24) is 4.72 Å². The zero-order chi connectivity index (χ0) is 23.2. The molecule has 1 unspecified atom stereocenters. The number of carbonyl (C=O) groups excluding carboxylic acids is 2. The van der Waals surface area contributed by atoms with E-state index in [2.05, 4.69) is 10.0 Å². The van der Waals surface area contributed by atoms with Crippen molar-refractivity contribution in [2.45, 2.75) is 30.9 Å². The molecule has 0 fully saturated rings. The Kier molecular flexibility index (Phi) is 8.26. The molecule has 9 nitrogen and oxygen atoms in total. The third-order valence-electron chi connectivity index (χ3n) is 4.14. The van der Waals surface area contributed by atoms with Gasteiger partial charge in [-0.15, -0.1) is 0 Å². The highest BCUT2D eigenvalue weighted by molar-refractivity contribution is 7.89. The van der Waals surface area contributed by atoms with Crippen molar-refractivity contribution in [1.29, 1.82) is 0 Å². The topological polar surface area (TPSA) is 120 Å². The zero-order valence-electron chi connectivity index (χ0n) is 17.3. The Labute approximate surface area is 185 Å². The standard InChI is InChI=1S/C20H23ClN2O7S/c1-12(23-31(26,27)16-8-6-15(28-3)7-9-16)20(25)30-13(2)19(24)22-17-11-14(21)5-10-18(17)29-4/h5-13,23H,1-4H3,(H,22,24)/t12-,13?/m0/s1. The van der Waals surface area contributed by atoms with Crippen LogP contribution in [0.25, 0.3) is 0 Å². The molecule has 0 radical (unpaired) electrons. The van der Waals surface area contributed by atoms with Crippen LogP contribution in [-0.2, 0) is 24.3 Å². The molecular weight excluding hydrogens is 448 g/mol. The van der Waals surface area contributed by atoms with Gasteiger partial charge in [0.1, 0.15) is 17.5 Å². The lowest BCUT2D eigenvalue weighted by Crippen LogP contribution is -2.42. The molecule has 2 N–H and O–H groups in total. The number of esters is 1. The van der Waals surface area contributed by atoms with Crippen LogP contribution in [0.1, 0.15) is 13.8 Å². The second kappa shape index (κ2) is 10.5. The van der Waals surface area contributed by atoms with Crippen LogP contribution in [0.3, 0.4) is 0 Å². The SMILES string of the molecule is COc1ccc(S(=O)(=O)N[C@@H](C)C(=O)OC(C)C(=O)Nc2cc(Cl)ccc2OC)cc1. The Hall–Kier alpha value is -2.82. The summed E-state index contributed by atoms with van der Waals surface area (Å²) in [6.45, 7) is 2.67. The highest BCUT2D eigenvalue weighted by Gasteiger charge is 2.27. The summed E-state index contributed by atoms with van der Waals surface area (Å²) in [4.78, 5) is 24.6. The Bertz CT molecular complexity index is 1040. The largest absolute Gasteiger partial charge is 0.497 e. The van der Waals surface area contributed by atoms with E-state index in [1.165, 1.54) is 58.4 Å². The Morgan fingerprint density at radius 1 is 1.00 bits per heavy atom. The van der Waals surface area contributed by atoms with Crippen molar-refractivity contribution in [2.24, 2.45) is 0 Å². The molecular formula is C20H23ClN2O7S. The fraction of sp³-hybridized carbons (Fsp3) is 0.300. The summed E-state index contributed by atoms with van der Waals surface area (Å²) in [5.41, 5.74) is 0.302. The van der Waals surface area contributed by atoms with Gasteiger partial charge in [0.05, 0.1) is 24.8 Å². The first-order chi connectivity index (χ1) is 14.6. The molecule has 0 saturated heterocycles. The first-order valence-electron chi connectivity index (χ1n) is 9.08. The van der Waals surface area contributed by atoms with Gasteiger partial charge in [-0.3, -0.25) is 9.59 Å². The zero-order valence-corrected chi connectivity index (χ0v) is 18.9. The number of methoxy groups -OCH3 is 2. The highest BCUT2D eigenvalue weighted by Crippen LogP contribution is 2.27. The third kappa shape index (κ3) is 6.58. The Morgan fingerprint density at radius 3 is 2.23 bits per heavy atom. The van der Waals surface area contributed by atoms with E-state index in [9.17, 15) is 18.0 Å². The average molecular weight is 471 g/mol. The molecule has 0 aromatic heterocycles. The van der Waals surface area contributed by atoms with Gasteiger partial charge < -0.3 is 19.5 Å². The monoisotopic (exact) mass is 470 g/mol. The summed E-state index contributed by atoms with van der Waals surface area (Å²) in [7, 11) is -1.10. The van der Waals surface area contributed by atoms with Crippen molar-refractivity contribution in [3.05, 3.63) is 47.5 Å². The van der Waals surface area contributed by atoms with E-state index in [1.54, 1.807) is 12.1 Å². The van der Waals surface area contributed by atoms with E-state index < -0.39 is 34.0 Å². The predicted molar refractivity (Wildman–Crippen MR) is 115 cm³/mol. The molecule has 0 saturated carbocycles. The fourth-order valence-electron chi connectivity index (χ4n) is 2.45. The summed E-state index contributed by atoms with van der Waals surface area (Å²) < 4.78 is 42.3. The van der Waals surface area contributed by atoms with Crippen LogP contribution in [0.2, 0.25) is 5.02 Å². The van der Waals surface area contributed by atoms with Crippen LogP contribution >= 0.6 is 11.6 Å². The molecule has 0 spiro atoms. The second-order valence-electron chi connectivity index (χ2n) is 6.43. The first kappa shape index (κ1) is 24.4. The van der Waals surface area contributed by atoms with Crippen molar-refractivity contribution in [2.75, 3.05) is 19.5 Å². The van der Waals surface area contributed by atoms with E-state index in [-0.39, 0.29) is 4.90 Å². The van der Waals surface area contributed by atoms with Crippen molar-refractivity contribution >= 4 is 39.2 Å². The molecule has 1 amide bonds. The maximum atomic E-state index is 12.4. The van der Waals surface area contributed by atoms with Crippen LogP contribution in [0.5, 0.6) is 11.5 Å². The number of hydrogen-bond acceptors (Lipinski definition) is 7. The second-order valence-corrected chi connectivity index (χ2v) is 8.58. The Balaban J connectivity index is 1.99. The molecule has 0 aliphatic carbocycles. The number of hydrogen-bond donors (Lipinski definition) is 2. The van der Waals surface area contributed by atoms with Crippen molar-refractivity contribution in [3.8, 4) is 11.5 Å². The van der Waals surface area contributed by atoms with Gasteiger partial charge in [0.25, 0.3) is 5.91 Å². The van der Waals surface area contributed by atoms with Gasteiger partial charge in [-0.1, -0.05) is 11.6 Å². The number of amides is 1. The molecule has 0 aliphatic heterocycles. The van der Waals surface area contributed by atoms with E-state index in [0.29, 0.717) is 22.2 Å². The summed E-state index contributed by atoms with van der Waals surface area (Å²) in [5, 5.41) is 2.93. The number of benzene rings is 2. The van der Waals surface area contributed by atoms with Crippen LogP contribution in [-0.4, -0.2) is 46.7 Å². The van der Waals surface area contributed by atoms with Gasteiger partial charge in [-0.2, -0.15) is 4.72 Å². The van der Waals surface area contributed by atoms with E-state index in [1.807, 2.05) is 0 Å². The molecule has 2 rings (SSSR count). The molecule has 0 aliphatic rings. The predicted octanol–water partition coefficient (Wildman–Crippen LogP) is 2.59. The highest BCUT2D eigenvalue weighted by atomic mass is 35.5. The molecule has 31 heavy (non-hydrogen) atoms. The minimum absolute atomic E-state index is 0.0493. The molecule has 2 aromatic carbocycles. The minimum atomic E-state index is -3.99. The van der Waals surface area contributed by atoms with Gasteiger partial charge in [-0.05, 0) is 56.3 Å². The number of halogens is 1. The summed E-state index contributed by atoms with van der Waals surface area (Å²) in [6, 6.07) is 9.06. The third-order valence-corrected chi connectivity index (χ3v) is 5.93.